The number of hydrogen-bond acceptors (Lipinski definition) is 3. The van der Waals surface area contributed by atoms with E-state index in [1.807, 2.05) is 58.0 Å². The lowest BCUT2D eigenvalue weighted by Gasteiger charge is -2.24. The van der Waals surface area contributed by atoms with Gasteiger partial charge in [0.2, 0.25) is 0 Å². The molecule has 0 unspecified atom stereocenters. The average Bonchev–Trinajstić information content (AvgIpc) is 2.52. The molecule has 128 valence electrons. The van der Waals surface area contributed by atoms with Gasteiger partial charge in [-0.25, -0.2) is 0 Å². The van der Waals surface area contributed by atoms with E-state index in [0.29, 0.717) is 10.2 Å². The van der Waals surface area contributed by atoms with Crippen molar-refractivity contribution < 1.29 is 12.6 Å². The van der Waals surface area contributed by atoms with E-state index >= 15 is 0 Å². The van der Waals surface area contributed by atoms with Crippen LogP contribution < -0.4 is 0 Å². The Bertz CT molecular complexity index is 830. The second-order valence-corrected chi connectivity index (χ2v) is 8.95. The molecular formula is C19H21BrO3S. The second kappa shape index (κ2) is 7.11. The lowest BCUT2D eigenvalue weighted by Crippen LogP contribution is -2.18. The van der Waals surface area contributed by atoms with Crippen LogP contribution in [0.25, 0.3) is 4.48 Å². The van der Waals surface area contributed by atoms with Crippen LogP contribution in [0.5, 0.6) is 0 Å². The summed E-state index contributed by atoms with van der Waals surface area (Å²) in [6, 6.07) is 16.1. The van der Waals surface area contributed by atoms with E-state index < -0.39 is 15.5 Å². The molecule has 0 radical (unpaired) electrons. The summed E-state index contributed by atoms with van der Waals surface area (Å²) in [5.74, 6) is 0.370. The fraction of sp³-hybridized carbons (Fsp3) is 0.263. The fourth-order valence-corrected chi connectivity index (χ4v) is 4.23. The van der Waals surface area contributed by atoms with Crippen LogP contribution in [0.15, 0.2) is 65.3 Å². The third-order valence-electron chi connectivity index (χ3n) is 3.41. The molecule has 3 nitrogen and oxygen atoms in total. The summed E-state index contributed by atoms with van der Waals surface area (Å²) in [7, 11) is -3.90. The van der Waals surface area contributed by atoms with Gasteiger partial charge in [-0.3, -0.25) is 0 Å². The van der Waals surface area contributed by atoms with Gasteiger partial charge in [-0.1, -0.05) is 68.8 Å². The zero-order valence-corrected chi connectivity index (χ0v) is 16.6. The van der Waals surface area contributed by atoms with Gasteiger partial charge in [0.15, 0.2) is 0 Å². The van der Waals surface area contributed by atoms with Crippen molar-refractivity contribution in [3.05, 3.63) is 71.5 Å². The molecule has 0 spiro atoms. The lowest BCUT2D eigenvalue weighted by atomic mass is 9.92. The first-order chi connectivity index (χ1) is 11.1. The highest BCUT2D eigenvalue weighted by Crippen LogP contribution is 2.38. The Kier molecular flexibility index (Phi) is 5.56. The molecule has 2 aromatic carbocycles. The van der Waals surface area contributed by atoms with E-state index in [4.69, 9.17) is 4.18 Å². The molecule has 0 saturated carbocycles. The highest BCUT2D eigenvalue weighted by atomic mass is 79.9. The van der Waals surface area contributed by atoms with Crippen LogP contribution in [-0.4, -0.2) is 8.42 Å². The summed E-state index contributed by atoms with van der Waals surface area (Å²) in [6.45, 7) is 7.65. The predicted molar refractivity (Wildman–Crippen MR) is 101 cm³/mol. The molecule has 0 saturated heterocycles. The standard InChI is InChI=1S/C19H21BrO3S/c1-14-10-12-16(13-11-14)24(21,22)23-18(19(2,3)4)17(20)15-8-6-5-7-9-15/h5-13H,1-4H3/b18-17+. The van der Waals surface area contributed by atoms with E-state index in [0.717, 1.165) is 11.1 Å². The third-order valence-corrected chi connectivity index (χ3v) is 5.46. The zero-order chi connectivity index (χ0) is 18.0. The summed E-state index contributed by atoms with van der Waals surface area (Å²) in [6.07, 6.45) is 0. The minimum atomic E-state index is -3.90. The van der Waals surface area contributed by atoms with Crippen LogP contribution in [0.1, 0.15) is 31.9 Å². The summed E-state index contributed by atoms with van der Waals surface area (Å²) in [5.41, 5.74) is 1.36. The Balaban J connectivity index is 2.49. The van der Waals surface area contributed by atoms with Crippen molar-refractivity contribution in [3.63, 3.8) is 0 Å². The molecule has 0 bridgehead atoms. The molecule has 5 heteroatoms. The van der Waals surface area contributed by atoms with Crippen LogP contribution in [0.2, 0.25) is 0 Å². The molecule has 0 N–H and O–H groups in total. The first-order valence-electron chi connectivity index (χ1n) is 7.58. The van der Waals surface area contributed by atoms with Gasteiger partial charge in [0.05, 0.1) is 4.48 Å². The molecule has 0 heterocycles. The molecule has 0 atom stereocenters. The van der Waals surface area contributed by atoms with Gasteiger partial charge in [0.25, 0.3) is 0 Å². The Labute approximate surface area is 152 Å². The van der Waals surface area contributed by atoms with E-state index in [2.05, 4.69) is 15.9 Å². The predicted octanol–water partition coefficient (Wildman–Crippen LogP) is 5.51. The maximum atomic E-state index is 12.7. The van der Waals surface area contributed by atoms with Crippen molar-refractivity contribution >= 4 is 30.5 Å². The van der Waals surface area contributed by atoms with Crippen LogP contribution in [0, 0.1) is 12.3 Å². The van der Waals surface area contributed by atoms with Gasteiger partial charge in [-0.05, 0) is 40.5 Å². The smallest absolute Gasteiger partial charge is 0.338 e. The lowest BCUT2D eigenvalue weighted by molar-refractivity contribution is 0.300. The number of rotatable bonds is 4. The maximum absolute atomic E-state index is 12.7. The van der Waals surface area contributed by atoms with Gasteiger partial charge < -0.3 is 4.18 Å². The van der Waals surface area contributed by atoms with Crippen molar-refractivity contribution in [2.24, 2.45) is 5.41 Å². The number of benzene rings is 2. The SMILES string of the molecule is Cc1ccc(S(=O)(=O)O/C(=C(/Br)c2ccccc2)C(C)(C)C)cc1. The number of aryl methyl sites for hydroxylation is 1. The first kappa shape index (κ1) is 18.7. The Morgan fingerprint density at radius 2 is 1.50 bits per heavy atom. The topological polar surface area (TPSA) is 43.4 Å². The maximum Gasteiger partial charge on any atom is 0.338 e. The number of hydrogen-bond donors (Lipinski definition) is 0. The molecule has 0 fully saturated rings. The summed E-state index contributed by atoms with van der Waals surface area (Å²) in [4.78, 5) is 0.142. The number of halogens is 1. The summed E-state index contributed by atoms with van der Waals surface area (Å²) < 4.78 is 31.5. The van der Waals surface area contributed by atoms with Crippen LogP contribution in [-0.2, 0) is 14.3 Å². The van der Waals surface area contributed by atoms with E-state index in [-0.39, 0.29) is 4.90 Å². The largest absolute Gasteiger partial charge is 0.382 e. The highest BCUT2D eigenvalue weighted by Gasteiger charge is 2.29. The summed E-state index contributed by atoms with van der Waals surface area (Å²) in [5, 5.41) is 0. The van der Waals surface area contributed by atoms with Crippen LogP contribution >= 0.6 is 15.9 Å². The van der Waals surface area contributed by atoms with Crippen LogP contribution in [0.4, 0.5) is 0 Å². The molecule has 0 amide bonds. The van der Waals surface area contributed by atoms with Gasteiger partial charge in [0.1, 0.15) is 10.7 Å². The molecule has 24 heavy (non-hydrogen) atoms. The molecular weight excluding hydrogens is 388 g/mol. The molecule has 0 aliphatic rings. The van der Waals surface area contributed by atoms with Gasteiger partial charge in [-0.2, -0.15) is 8.42 Å². The Morgan fingerprint density at radius 3 is 2.00 bits per heavy atom. The molecule has 0 aromatic heterocycles. The zero-order valence-electron chi connectivity index (χ0n) is 14.2. The van der Waals surface area contributed by atoms with E-state index in [9.17, 15) is 8.42 Å². The highest BCUT2D eigenvalue weighted by molar-refractivity contribution is 9.15. The summed E-state index contributed by atoms with van der Waals surface area (Å²) >= 11 is 3.52. The van der Waals surface area contributed by atoms with Gasteiger partial charge >= 0.3 is 10.1 Å². The molecule has 2 aromatic rings. The average molecular weight is 409 g/mol. The number of allylic oxidation sites excluding steroid dienone is 1. The van der Waals surface area contributed by atoms with Crippen molar-refractivity contribution in [1.82, 2.24) is 0 Å². The minimum Gasteiger partial charge on any atom is -0.382 e. The Morgan fingerprint density at radius 1 is 0.958 bits per heavy atom. The van der Waals surface area contributed by atoms with Crippen LogP contribution in [0.3, 0.4) is 0 Å². The van der Waals surface area contributed by atoms with Gasteiger partial charge in [-0.15, -0.1) is 0 Å². The first-order valence-corrected chi connectivity index (χ1v) is 9.78. The molecule has 0 aliphatic carbocycles. The van der Waals surface area contributed by atoms with E-state index in [1.165, 1.54) is 0 Å². The third kappa shape index (κ3) is 4.48. The van der Waals surface area contributed by atoms with E-state index in [1.54, 1.807) is 24.3 Å². The molecule has 2 rings (SSSR count). The normalized spacial score (nSPS) is 13.4. The quantitative estimate of drug-likeness (QED) is 0.494. The molecule has 0 aliphatic heterocycles. The van der Waals surface area contributed by atoms with Crippen molar-refractivity contribution in [3.8, 4) is 0 Å². The second-order valence-electron chi connectivity index (χ2n) is 6.61. The van der Waals surface area contributed by atoms with Crippen molar-refractivity contribution in [2.45, 2.75) is 32.6 Å². The van der Waals surface area contributed by atoms with Crippen molar-refractivity contribution in [2.75, 3.05) is 0 Å². The minimum absolute atomic E-state index is 0.142. The van der Waals surface area contributed by atoms with Crippen molar-refractivity contribution in [1.29, 1.82) is 0 Å². The fourth-order valence-electron chi connectivity index (χ4n) is 2.07. The Hall–Kier alpha value is -1.59. The monoisotopic (exact) mass is 408 g/mol. The van der Waals surface area contributed by atoms with Gasteiger partial charge in [0, 0.05) is 5.41 Å².